The molecule has 0 aromatic carbocycles. The summed E-state index contributed by atoms with van der Waals surface area (Å²) in [6.45, 7) is 2.15. The van der Waals surface area contributed by atoms with Crippen LogP contribution in [-0.4, -0.2) is 16.0 Å². The molecule has 2 N–H and O–H groups in total. The van der Waals surface area contributed by atoms with E-state index in [-0.39, 0.29) is 19.5 Å². The molecule has 0 aromatic rings. The average molecular weight is 290 g/mol. The average Bonchev–Trinajstić information content (AvgIpc) is 2.02. The van der Waals surface area contributed by atoms with Crippen LogP contribution in [0.5, 0.6) is 0 Å². The number of aliphatic carboxylic acids is 1. The van der Waals surface area contributed by atoms with E-state index in [1.54, 1.807) is 0 Å². The fourth-order valence-corrected chi connectivity index (χ4v) is 0.880. The molecule has 0 saturated heterocycles. The molecule has 0 heterocycles. The second kappa shape index (κ2) is 16.8. The maximum atomic E-state index is 10.0. The molecular weight excluding hydrogens is 272 g/mol. The summed E-state index contributed by atoms with van der Waals surface area (Å²) in [5.41, 5.74) is 0. The van der Waals surface area contributed by atoms with Crippen LogP contribution in [0.15, 0.2) is 0 Å². The van der Waals surface area contributed by atoms with Gasteiger partial charge in [0.15, 0.2) is 0 Å². The fourth-order valence-electron chi connectivity index (χ4n) is 0.880. The van der Waals surface area contributed by atoms with Crippen molar-refractivity contribution in [3.63, 3.8) is 0 Å². The second-order valence-corrected chi connectivity index (χ2v) is 3.27. The Hall–Kier alpha value is 0.403. The number of carbonyl (C=O) groups is 1. The Kier molecular flexibility index (Phi) is 23.3. The Morgan fingerprint density at radius 3 is 1.93 bits per heavy atom. The third-order valence-electron chi connectivity index (χ3n) is 1.49. The van der Waals surface area contributed by atoms with E-state index in [4.69, 9.17) is 19.8 Å². The summed E-state index contributed by atoms with van der Waals surface area (Å²) in [6.07, 6.45) is 5.88. The van der Waals surface area contributed by atoms with Gasteiger partial charge in [0, 0.05) is 6.42 Å². The number of rotatable bonds is 6. The minimum absolute atomic E-state index is 0. The Balaban J connectivity index is -0.000000249. The van der Waals surface area contributed by atoms with Crippen molar-refractivity contribution >= 4 is 14.6 Å². The van der Waals surface area contributed by atoms with Gasteiger partial charge in [0.25, 0.3) is 0 Å². The minimum atomic E-state index is -3.12. The standard InChI is InChI=1S/C8H16O2.HO3P.Zn/c1-2-3-4-5-6-7-8(9)10;1-4(2)3;/h2-7H2,1H3,(H,9,10);1H;/q;-2;+2. The van der Waals surface area contributed by atoms with Crippen LogP contribution in [0.25, 0.3) is 0 Å². The number of carboxylic acid groups (broad SMARTS) is 1. The van der Waals surface area contributed by atoms with E-state index in [1.165, 1.54) is 19.3 Å². The molecule has 0 aliphatic rings. The molecule has 0 aliphatic heterocycles. The summed E-state index contributed by atoms with van der Waals surface area (Å²) in [6, 6.07) is 0. The fraction of sp³-hybridized carbons (Fsp3) is 0.875. The first-order chi connectivity index (χ1) is 6.50. The van der Waals surface area contributed by atoms with Gasteiger partial charge in [-0.3, -0.25) is 4.79 Å². The van der Waals surface area contributed by atoms with E-state index < -0.39 is 14.6 Å². The van der Waals surface area contributed by atoms with E-state index in [9.17, 15) is 4.79 Å². The first kappa shape index (κ1) is 20.8. The number of hydrogen-bond acceptors (Lipinski definition) is 4. The van der Waals surface area contributed by atoms with Gasteiger partial charge in [-0.1, -0.05) is 32.6 Å². The first-order valence-electron chi connectivity index (χ1n) is 4.55. The molecule has 5 nitrogen and oxygen atoms in total. The van der Waals surface area contributed by atoms with Crippen LogP contribution < -0.4 is 9.79 Å². The third-order valence-corrected chi connectivity index (χ3v) is 1.49. The van der Waals surface area contributed by atoms with Gasteiger partial charge in [-0.05, 0) is 6.42 Å². The number of hydrogen-bond donors (Lipinski definition) is 2. The monoisotopic (exact) mass is 288 g/mol. The molecule has 0 unspecified atom stereocenters. The molecule has 0 aromatic heterocycles. The van der Waals surface area contributed by atoms with E-state index in [0.717, 1.165) is 12.8 Å². The summed E-state index contributed by atoms with van der Waals surface area (Å²) >= 11 is 0. The van der Waals surface area contributed by atoms with Gasteiger partial charge in [0.1, 0.15) is 0 Å². The molecule has 0 spiro atoms. The molecule has 86 valence electrons. The van der Waals surface area contributed by atoms with Crippen LogP contribution in [0, 0.1) is 0 Å². The van der Waals surface area contributed by atoms with Gasteiger partial charge in [0.05, 0.1) is 0 Å². The van der Waals surface area contributed by atoms with Crippen molar-refractivity contribution in [2.45, 2.75) is 45.4 Å². The van der Waals surface area contributed by atoms with E-state index >= 15 is 0 Å². The zero-order valence-corrected chi connectivity index (χ0v) is 12.9. The first-order valence-corrected chi connectivity index (χ1v) is 5.68. The smallest absolute Gasteiger partial charge is 0.820 e. The van der Waals surface area contributed by atoms with Crippen LogP contribution in [-0.2, 0) is 24.3 Å². The maximum absolute atomic E-state index is 10.0. The van der Waals surface area contributed by atoms with E-state index in [2.05, 4.69) is 6.92 Å². The predicted octanol–water partition coefficient (Wildman–Crippen LogP) is 0.355. The normalized spacial score (nSPS) is 8.87. The van der Waals surface area contributed by atoms with Crippen LogP contribution in [0.1, 0.15) is 45.4 Å². The topological polar surface area (TPSA) is 104 Å². The quantitative estimate of drug-likeness (QED) is 0.417. The molecule has 0 aliphatic carbocycles. The Morgan fingerprint density at radius 2 is 1.60 bits per heavy atom. The predicted molar refractivity (Wildman–Crippen MR) is 50.2 cm³/mol. The van der Waals surface area contributed by atoms with Gasteiger partial charge in [0.2, 0.25) is 0 Å². The van der Waals surface area contributed by atoms with Crippen molar-refractivity contribution in [1.82, 2.24) is 0 Å². The maximum Gasteiger partial charge on any atom is 2.00 e. The molecule has 0 fully saturated rings. The minimum Gasteiger partial charge on any atom is -0.820 e. The molecule has 0 amide bonds. The number of carboxylic acids is 1. The van der Waals surface area contributed by atoms with Crippen LogP contribution in [0.2, 0.25) is 0 Å². The van der Waals surface area contributed by atoms with E-state index in [1.807, 2.05) is 0 Å². The van der Waals surface area contributed by atoms with Crippen LogP contribution in [0.4, 0.5) is 0 Å². The summed E-state index contributed by atoms with van der Waals surface area (Å²) in [4.78, 5) is 34.2. The van der Waals surface area contributed by atoms with Crippen molar-refractivity contribution in [2.75, 3.05) is 0 Å². The summed E-state index contributed by atoms with van der Waals surface area (Å²) in [7, 11) is -3.12. The summed E-state index contributed by atoms with van der Waals surface area (Å²) < 4.78 is 0. The Morgan fingerprint density at radius 1 is 1.20 bits per heavy atom. The third kappa shape index (κ3) is 40.4. The van der Waals surface area contributed by atoms with Crippen molar-refractivity contribution in [1.29, 1.82) is 0 Å². The Bertz CT molecular complexity index is 131. The van der Waals surface area contributed by atoms with Gasteiger partial charge in [-0.15, -0.1) is 0 Å². The van der Waals surface area contributed by atoms with Gasteiger partial charge in [-0.2, -0.15) is 8.60 Å². The largest absolute Gasteiger partial charge is 2.00 e. The summed E-state index contributed by atoms with van der Waals surface area (Å²) in [5, 5.41) is 8.27. The zero-order chi connectivity index (χ0) is 11.4. The van der Waals surface area contributed by atoms with Gasteiger partial charge >= 0.3 is 25.4 Å². The molecule has 0 rings (SSSR count). The van der Waals surface area contributed by atoms with Gasteiger partial charge in [-0.25, -0.2) is 0 Å². The van der Waals surface area contributed by atoms with Gasteiger partial charge < -0.3 is 19.8 Å². The molecule has 0 bridgehead atoms. The zero-order valence-electron chi connectivity index (χ0n) is 9.02. The van der Waals surface area contributed by atoms with Crippen molar-refractivity contribution in [2.24, 2.45) is 0 Å². The molecule has 0 atom stereocenters. The molecule has 15 heavy (non-hydrogen) atoms. The molecule has 0 saturated carbocycles. The summed E-state index contributed by atoms with van der Waals surface area (Å²) in [5.74, 6) is -0.670. The molecule has 7 heteroatoms. The van der Waals surface area contributed by atoms with Crippen molar-refractivity contribution < 1.29 is 44.1 Å². The second-order valence-electron chi connectivity index (χ2n) is 2.80. The van der Waals surface area contributed by atoms with E-state index in [0.29, 0.717) is 6.42 Å². The molecular formula is C8H17O5PZn. The van der Waals surface area contributed by atoms with Crippen molar-refractivity contribution in [3.05, 3.63) is 0 Å². The van der Waals surface area contributed by atoms with Crippen LogP contribution >= 0.6 is 8.60 Å². The van der Waals surface area contributed by atoms with Crippen LogP contribution in [0.3, 0.4) is 0 Å². The Labute approximate surface area is 104 Å². The molecule has 0 radical (unpaired) electrons. The SMILES string of the molecule is CCCCCCCC(=O)O.[O-]P([O-])O.[Zn+2]. The number of unbranched alkanes of at least 4 members (excludes halogenated alkanes) is 4. The van der Waals surface area contributed by atoms with Crippen molar-refractivity contribution in [3.8, 4) is 0 Å².